The van der Waals surface area contributed by atoms with E-state index in [1.54, 1.807) is 35.2 Å². The van der Waals surface area contributed by atoms with Crippen LogP contribution in [0.15, 0.2) is 42.5 Å². The number of nitriles is 1. The van der Waals surface area contributed by atoms with Crippen molar-refractivity contribution in [1.29, 1.82) is 5.26 Å². The van der Waals surface area contributed by atoms with Crippen LogP contribution in [0.25, 0.3) is 10.2 Å². The number of thiazole rings is 1. The van der Waals surface area contributed by atoms with Gasteiger partial charge in [0.15, 0.2) is 5.13 Å². The maximum atomic E-state index is 13.5. The summed E-state index contributed by atoms with van der Waals surface area (Å²) < 4.78 is 19.9. The van der Waals surface area contributed by atoms with Gasteiger partial charge in [-0.2, -0.15) is 5.26 Å². The van der Waals surface area contributed by atoms with E-state index in [0.717, 1.165) is 12.8 Å². The number of hydrogen-bond acceptors (Lipinski definition) is 5. The predicted molar refractivity (Wildman–Crippen MR) is 101 cm³/mol. The number of benzene rings is 2. The zero-order valence-corrected chi connectivity index (χ0v) is 15.2. The Labute approximate surface area is 159 Å². The van der Waals surface area contributed by atoms with Crippen molar-refractivity contribution >= 4 is 32.6 Å². The minimum atomic E-state index is -0.332. The van der Waals surface area contributed by atoms with Gasteiger partial charge >= 0.3 is 0 Å². The molecule has 1 unspecified atom stereocenters. The summed E-state index contributed by atoms with van der Waals surface area (Å²) in [5.41, 5.74) is 1.62. The second-order valence-corrected chi connectivity index (χ2v) is 7.36. The van der Waals surface area contributed by atoms with Gasteiger partial charge in [0.25, 0.3) is 5.91 Å². The molecular formula is C20H16FN3O2S. The Morgan fingerprint density at radius 2 is 2.15 bits per heavy atom. The van der Waals surface area contributed by atoms with Crippen molar-refractivity contribution in [3.63, 3.8) is 0 Å². The van der Waals surface area contributed by atoms with Gasteiger partial charge in [-0.25, -0.2) is 9.37 Å². The molecule has 0 spiro atoms. The van der Waals surface area contributed by atoms with E-state index in [0.29, 0.717) is 39.6 Å². The van der Waals surface area contributed by atoms with E-state index in [2.05, 4.69) is 4.98 Å². The number of anilines is 1. The van der Waals surface area contributed by atoms with E-state index in [1.807, 2.05) is 6.07 Å². The first-order valence-electron chi connectivity index (χ1n) is 8.64. The Morgan fingerprint density at radius 3 is 2.85 bits per heavy atom. The molecule has 1 atom stereocenters. The largest absolute Gasteiger partial charge is 0.376 e. The molecular weight excluding hydrogens is 365 g/mol. The quantitative estimate of drug-likeness (QED) is 0.681. The Hall–Kier alpha value is -2.82. The highest BCUT2D eigenvalue weighted by Gasteiger charge is 2.27. The van der Waals surface area contributed by atoms with Gasteiger partial charge in [-0.05, 0) is 55.3 Å². The predicted octanol–water partition coefficient (Wildman–Crippen LogP) is 4.13. The van der Waals surface area contributed by atoms with Gasteiger partial charge in [0.1, 0.15) is 5.82 Å². The molecule has 5 nitrogen and oxygen atoms in total. The zero-order valence-electron chi connectivity index (χ0n) is 14.4. The summed E-state index contributed by atoms with van der Waals surface area (Å²) in [6, 6.07) is 12.9. The standard InChI is InChI=1S/C20H16FN3O2S/c21-15-7-8-17-18(10-15)27-20(23-17)24(12-16-2-1-9-26-16)19(25)14-5-3-13(11-22)4-6-14/h3-8,10,16H,1-2,9,12H2. The molecule has 1 aromatic heterocycles. The van der Waals surface area contributed by atoms with Crippen LogP contribution < -0.4 is 4.90 Å². The molecule has 1 amide bonds. The lowest BCUT2D eigenvalue weighted by Gasteiger charge is -2.23. The Balaban J connectivity index is 1.70. The molecule has 1 fully saturated rings. The highest BCUT2D eigenvalue weighted by molar-refractivity contribution is 7.22. The Kier molecular flexibility index (Phi) is 4.84. The van der Waals surface area contributed by atoms with Crippen LogP contribution in [0.3, 0.4) is 0 Å². The molecule has 0 aliphatic carbocycles. The fraction of sp³-hybridized carbons (Fsp3) is 0.250. The van der Waals surface area contributed by atoms with Gasteiger partial charge in [-0.15, -0.1) is 0 Å². The number of halogens is 1. The van der Waals surface area contributed by atoms with Crippen molar-refractivity contribution in [1.82, 2.24) is 4.98 Å². The summed E-state index contributed by atoms with van der Waals surface area (Å²) in [5, 5.41) is 9.46. The third kappa shape index (κ3) is 3.68. The number of hydrogen-bond donors (Lipinski definition) is 0. The normalized spacial score (nSPS) is 16.4. The summed E-state index contributed by atoms with van der Waals surface area (Å²) in [7, 11) is 0. The van der Waals surface area contributed by atoms with Gasteiger partial charge in [-0.3, -0.25) is 9.69 Å². The van der Waals surface area contributed by atoms with Crippen LogP contribution in [0.4, 0.5) is 9.52 Å². The number of nitrogens with zero attached hydrogens (tertiary/aromatic N) is 3. The molecule has 0 saturated carbocycles. The lowest BCUT2D eigenvalue weighted by molar-refractivity contribution is 0.0917. The van der Waals surface area contributed by atoms with E-state index in [4.69, 9.17) is 10.00 Å². The van der Waals surface area contributed by atoms with Crippen LogP contribution in [0.1, 0.15) is 28.8 Å². The van der Waals surface area contributed by atoms with Crippen LogP contribution in [0.2, 0.25) is 0 Å². The van der Waals surface area contributed by atoms with Crippen LogP contribution in [0.5, 0.6) is 0 Å². The minimum Gasteiger partial charge on any atom is -0.376 e. The SMILES string of the molecule is N#Cc1ccc(C(=O)N(CC2CCCO2)c2nc3ccc(F)cc3s2)cc1. The van der Waals surface area contributed by atoms with E-state index in [-0.39, 0.29) is 17.8 Å². The molecule has 27 heavy (non-hydrogen) atoms. The molecule has 0 N–H and O–H groups in total. The first kappa shape index (κ1) is 17.6. The molecule has 0 bridgehead atoms. The lowest BCUT2D eigenvalue weighted by atomic mass is 10.1. The highest BCUT2D eigenvalue weighted by Crippen LogP contribution is 2.31. The topological polar surface area (TPSA) is 66.2 Å². The lowest BCUT2D eigenvalue weighted by Crippen LogP contribution is -2.37. The molecule has 136 valence electrons. The average Bonchev–Trinajstić information content (AvgIpc) is 3.34. The van der Waals surface area contributed by atoms with Gasteiger partial charge in [0.05, 0.1) is 34.5 Å². The van der Waals surface area contributed by atoms with Gasteiger partial charge < -0.3 is 4.74 Å². The molecule has 1 aliphatic heterocycles. The monoisotopic (exact) mass is 381 g/mol. The Bertz CT molecular complexity index is 1020. The van der Waals surface area contributed by atoms with Crippen LogP contribution in [-0.4, -0.2) is 30.1 Å². The second kappa shape index (κ2) is 7.43. The summed E-state index contributed by atoms with van der Waals surface area (Å²) in [4.78, 5) is 19.3. The van der Waals surface area contributed by atoms with Crippen molar-refractivity contribution in [3.05, 3.63) is 59.4 Å². The molecule has 2 aromatic carbocycles. The fourth-order valence-corrected chi connectivity index (χ4v) is 4.08. The number of aromatic nitrogens is 1. The van der Waals surface area contributed by atoms with Crippen molar-refractivity contribution in [3.8, 4) is 6.07 Å². The summed E-state index contributed by atoms with van der Waals surface area (Å²) >= 11 is 1.28. The van der Waals surface area contributed by atoms with Gasteiger partial charge in [0.2, 0.25) is 0 Å². The molecule has 3 aromatic rings. The number of carbonyl (C=O) groups excluding carboxylic acids is 1. The van der Waals surface area contributed by atoms with E-state index in [9.17, 15) is 9.18 Å². The number of fused-ring (bicyclic) bond motifs is 1. The maximum Gasteiger partial charge on any atom is 0.260 e. The number of amides is 1. The molecule has 2 heterocycles. The summed E-state index contributed by atoms with van der Waals surface area (Å²) in [6.45, 7) is 1.08. The van der Waals surface area contributed by atoms with E-state index >= 15 is 0 Å². The molecule has 0 radical (unpaired) electrons. The third-order valence-electron chi connectivity index (χ3n) is 4.49. The highest BCUT2D eigenvalue weighted by atomic mass is 32.1. The fourth-order valence-electron chi connectivity index (χ4n) is 3.08. The minimum absolute atomic E-state index is 0.0453. The van der Waals surface area contributed by atoms with E-state index < -0.39 is 0 Å². The first-order valence-corrected chi connectivity index (χ1v) is 9.45. The third-order valence-corrected chi connectivity index (χ3v) is 5.53. The smallest absolute Gasteiger partial charge is 0.260 e. The molecule has 4 rings (SSSR count). The van der Waals surface area contributed by atoms with Crippen LogP contribution in [-0.2, 0) is 4.74 Å². The number of ether oxygens (including phenoxy) is 1. The van der Waals surface area contributed by atoms with Crippen LogP contribution in [0, 0.1) is 17.1 Å². The summed E-state index contributed by atoms with van der Waals surface area (Å²) in [6.07, 6.45) is 1.81. The average molecular weight is 381 g/mol. The van der Waals surface area contributed by atoms with Crippen molar-refractivity contribution < 1.29 is 13.9 Å². The van der Waals surface area contributed by atoms with Crippen molar-refractivity contribution in [2.75, 3.05) is 18.1 Å². The van der Waals surface area contributed by atoms with E-state index in [1.165, 1.54) is 23.5 Å². The molecule has 7 heteroatoms. The van der Waals surface area contributed by atoms with Crippen molar-refractivity contribution in [2.45, 2.75) is 18.9 Å². The molecule has 1 saturated heterocycles. The zero-order chi connectivity index (χ0) is 18.8. The maximum absolute atomic E-state index is 13.5. The van der Waals surface area contributed by atoms with Gasteiger partial charge in [-0.1, -0.05) is 11.3 Å². The summed E-state index contributed by atoms with van der Waals surface area (Å²) in [5.74, 6) is -0.545. The van der Waals surface area contributed by atoms with Crippen molar-refractivity contribution in [2.24, 2.45) is 0 Å². The first-order chi connectivity index (χ1) is 13.1. The van der Waals surface area contributed by atoms with Crippen LogP contribution >= 0.6 is 11.3 Å². The molecule has 1 aliphatic rings. The Morgan fingerprint density at radius 1 is 1.33 bits per heavy atom. The number of carbonyl (C=O) groups is 1. The second-order valence-electron chi connectivity index (χ2n) is 6.35. The van der Waals surface area contributed by atoms with Gasteiger partial charge in [0, 0.05) is 12.2 Å². The number of rotatable bonds is 4.